The van der Waals surface area contributed by atoms with Crippen LogP contribution in [-0.4, -0.2) is 32.3 Å². The fourth-order valence-corrected chi connectivity index (χ4v) is 10.7. The molecule has 8 nitrogen and oxygen atoms in total. The number of benzene rings is 4. The molecule has 60 heavy (non-hydrogen) atoms. The van der Waals surface area contributed by atoms with E-state index in [9.17, 15) is 0 Å². The van der Waals surface area contributed by atoms with E-state index in [1.165, 1.54) is 22.5 Å². The topological polar surface area (TPSA) is 64.5 Å². The lowest BCUT2D eigenvalue weighted by Crippen LogP contribution is -2.63. The normalized spacial score (nSPS) is 21.7. The number of anilines is 8. The molecule has 0 fully saturated rings. The Morgan fingerprint density at radius 3 is 1.68 bits per heavy atom. The summed E-state index contributed by atoms with van der Waals surface area (Å²) in [7, 11) is 0. The first-order chi connectivity index (χ1) is 29.1. The highest BCUT2D eigenvalue weighted by Crippen LogP contribution is 2.65. The molecule has 0 N–H and O–H groups in total. The number of para-hydroxylation sites is 4. The summed E-state index contributed by atoms with van der Waals surface area (Å²) in [6.45, 7) is 18.4. The molecule has 9 rings (SSSR count). The second-order valence-electron chi connectivity index (χ2n) is 17.9. The Morgan fingerprint density at radius 2 is 1.10 bits per heavy atom. The third-order valence-corrected chi connectivity index (χ3v) is 14.2. The largest absolute Gasteiger partial charge is 0.302 e. The zero-order valence-electron chi connectivity index (χ0n) is 36.7. The molecule has 2 aromatic heterocycles. The summed E-state index contributed by atoms with van der Waals surface area (Å²) in [6.07, 6.45) is 10.1. The first-order valence-electron chi connectivity index (χ1n) is 22.3. The van der Waals surface area contributed by atoms with E-state index in [4.69, 9.17) is 19.9 Å². The number of aryl methyl sites for hydroxylation is 1. The average Bonchev–Trinajstić information content (AvgIpc) is 3.79. The standard InChI is InChI=1S/C52H60N8/c1-9-51(8)40-28-18-20-30-44(40)60-49-46(53-33-42(56-49)36(5)6)58(39-26-15-12-16-27-39)50(60)52(51,10-2)32-22-21-31-45-57(38-24-13-11-14-25-38)48-47(54-34-41(55-48)35(3)4)59(45)43-29-19-17-23-37(43)7/h11-20,23-30,33-36,45,50H,9-10,21-22,31-32H2,1-8H3. The second-order valence-corrected chi connectivity index (χ2v) is 17.9. The summed E-state index contributed by atoms with van der Waals surface area (Å²) in [6, 6.07) is 39.6. The predicted octanol–water partition coefficient (Wildman–Crippen LogP) is 13.4. The third kappa shape index (κ3) is 6.16. The van der Waals surface area contributed by atoms with Crippen molar-refractivity contribution in [1.29, 1.82) is 0 Å². The van der Waals surface area contributed by atoms with Gasteiger partial charge in [-0.1, -0.05) is 128 Å². The fourth-order valence-electron chi connectivity index (χ4n) is 10.7. The maximum Gasteiger partial charge on any atom is 0.178 e. The molecule has 0 radical (unpaired) electrons. The second kappa shape index (κ2) is 15.7. The van der Waals surface area contributed by atoms with Crippen LogP contribution in [0, 0.1) is 12.3 Å². The first kappa shape index (κ1) is 39.7. The molecule has 0 saturated heterocycles. The van der Waals surface area contributed by atoms with E-state index in [2.05, 4.69) is 184 Å². The molecule has 0 bridgehead atoms. The molecule has 8 heteroatoms. The van der Waals surface area contributed by atoms with Crippen molar-refractivity contribution in [3.8, 4) is 0 Å². The van der Waals surface area contributed by atoms with Crippen LogP contribution < -0.4 is 19.6 Å². The minimum atomic E-state index is -0.158. The van der Waals surface area contributed by atoms with Gasteiger partial charge in [-0.05, 0) is 98.4 Å². The molecule has 6 aromatic rings. The van der Waals surface area contributed by atoms with E-state index in [1.54, 1.807) is 0 Å². The molecule has 4 aromatic carbocycles. The highest BCUT2D eigenvalue weighted by atomic mass is 15.5. The SMILES string of the molecule is CCC1(C)c2ccccc2N2c3nc(C(C)C)cnc3N(c3ccccc3)C2C1(CC)CCCCC1N(c2ccccc2)c2nc(C(C)C)cnc2N1c1ccccc1C. The van der Waals surface area contributed by atoms with Gasteiger partial charge in [0, 0.05) is 33.6 Å². The van der Waals surface area contributed by atoms with Crippen molar-refractivity contribution in [2.24, 2.45) is 5.41 Å². The summed E-state index contributed by atoms with van der Waals surface area (Å²) >= 11 is 0. The molecule has 308 valence electrons. The van der Waals surface area contributed by atoms with Crippen LogP contribution in [-0.2, 0) is 5.41 Å². The molecule has 3 aliphatic rings. The van der Waals surface area contributed by atoms with Crippen LogP contribution in [0.3, 0.4) is 0 Å². The van der Waals surface area contributed by atoms with Gasteiger partial charge in [0.05, 0.1) is 23.8 Å². The molecule has 4 atom stereocenters. The summed E-state index contributed by atoms with van der Waals surface area (Å²) in [5.74, 6) is 4.31. The number of aromatic nitrogens is 4. The number of unbranched alkanes of at least 4 members (excludes halogenated alkanes) is 1. The zero-order valence-corrected chi connectivity index (χ0v) is 36.7. The lowest BCUT2D eigenvalue weighted by Gasteiger charge is -2.60. The van der Waals surface area contributed by atoms with Crippen molar-refractivity contribution < 1.29 is 0 Å². The van der Waals surface area contributed by atoms with E-state index in [1.807, 2.05) is 12.4 Å². The summed E-state index contributed by atoms with van der Waals surface area (Å²) in [5.41, 5.74) is 9.12. The van der Waals surface area contributed by atoms with Crippen LogP contribution >= 0.6 is 0 Å². The fraction of sp³-hybridized carbons (Fsp3) is 0.385. The van der Waals surface area contributed by atoms with Gasteiger partial charge in [0.25, 0.3) is 0 Å². The number of hydrogen-bond donors (Lipinski definition) is 0. The number of hydrogen-bond acceptors (Lipinski definition) is 8. The average molecular weight is 797 g/mol. The van der Waals surface area contributed by atoms with Crippen LogP contribution in [0.5, 0.6) is 0 Å². The molecule has 4 unspecified atom stereocenters. The van der Waals surface area contributed by atoms with Crippen LogP contribution in [0.2, 0.25) is 0 Å². The highest BCUT2D eigenvalue weighted by Gasteiger charge is 2.63. The van der Waals surface area contributed by atoms with Crippen LogP contribution in [0.15, 0.2) is 122 Å². The molecular weight excluding hydrogens is 737 g/mol. The Kier molecular flexibility index (Phi) is 10.4. The van der Waals surface area contributed by atoms with Crippen molar-refractivity contribution in [3.05, 3.63) is 144 Å². The lowest BCUT2D eigenvalue weighted by atomic mass is 9.52. The van der Waals surface area contributed by atoms with Crippen molar-refractivity contribution >= 4 is 46.0 Å². The number of rotatable bonds is 12. The van der Waals surface area contributed by atoms with E-state index < -0.39 is 0 Å². The van der Waals surface area contributed by atoms with Gasteiger partial charge >= 0.3 is 0 Å². The molecular formula is C52H60N8. The highest BCUT2D eigenvalue weighted by molar-refractivity contribution is 5.87. The smallest absolute Gasteiger partial charge is 0.178 e. The van der Waals surface area contributed by atoms with Gasteiger partial charge < -0.3 is 19.6 Å². The van der Waals surface area contributed by atoms with Gasteiger partial charge in [0.2, 0.25) is 0 Å². The summed E-state index contributed by atoms with van der Waals surface area (Å²) in [5, 5.41) is 0. The maximum absolute atomic E-state index is 5.45. The Bertz CT molecular complexity index is 2470. The Labute approximate surface area is 357 Å². The molecule has 0 amide bonds. The van der Waals surface area contributed by atoms with Gasteiger partial charge in [-0.3, -0.25) is 0 Å². The van der Waals surface area contributed by atoms with Crippen LogP contribution in [0.4, 0.5) is 46.0 Å². The number of fused-ring (bicyclic) bond motifs is 6. The Morgan fingerprint density at radius 1 is 0.567 bits per heavy atom. The van der Waals surface area contributed by atoms with Gasteiger partial charge in [0.1, 0.15) is 12.3 Å². The lowest BCUT2D eigenvalue weighted by molar-refractivity contribution is 0.0598. The first-order valence-corrected chi connectivity index (χ1v) is 22.3. The predicted molar refractivity (Wildman–Crippen MR) is 248 cm³/mol. The van der Waals surface area contributed by atoms with Gasteiger partial charge in [0.15, 0.2) is 23.3 Å². The minimum Gasteiger partial charge on any atom is -0.302 e. The van der Waals surface area contributed by atoms with Crippen molar-refractivity contribution in [1.82, 2.24) is 19.9 Å². The summed E-state index contributed by atoms with van der Waals surface area (Å²) in [4.78, 5) is 31.3. The molecule has 0 spiro atoms. The van der Waals surface area contributed by atoms with Crippen molar-refractivity contribution in [3.63, 3.8) is 0 Å². The Hall–Kier alpha value is -5.76. The molecule has 0 aliphatic carbocycles. The van der Waals surface area contributed by atoms with Crippen molar-refractivity contribution in [2.45, 2.75) is 123 Å². The van der Waals surface area contributed by atoms with E-state index in [0.717, 1.165) is 84.6 Å². The van der Waals surface area contributed by atoms with Gasteiger partial charge in [-0.25, -0.2) is 19.9 Å². The van der Waals surface area contributed by atoms with Gasteiger partial charge in [-0.15, -0.1) is 0 Å². The zero-order chi connectivity index (χ0) is 41.8. The summed E-state index contributed by atoms with van der Waals surface area (Å²) < 4.78 is 0. The maximum atomic E-state index is 5.45. The Balaban J connectivity index is 1.13. The van der Waals surface area contributed by atoms with Crippen LogP contribution in [0.25, 0.3) is 0 Å². The third-order valence-electron chi connectivity index (χ3n) is 14.2. The minimum absolute atomic E-state index is 0.00374. The van der Waals surface area contributed by atoms with E-state index >= 15 is 0 Å². The molecule has 3 aliphatic heterocycles. The van der Waals surface area contributed by atoms with E-state index in [-0.39, 0.29) is 35.0 Å². The van der Waals surface area contributed by atoms with Crippen molar-refractivity contribution in [2.75, 3.05) is 19.6 Å². The number of nitrogens with zero attached hydrogens (tertiary/aromatic N) is 8. The van der Waals surface area contributed by atoms with E-state index in [0.29, 0.717) is 0 Å². The monoisotopic (exact) mass is 796 g/mol. The van der Waals surface area contributed by atoms with Gasteiger partial charge in [-0.2, -0.15) is 0 Å². The molecule has 5 heterocycles. The van der Waals surface area contributed by atoms with Crippen LogP contribution in [0.1, 0.15) is 121 Å². The quantitative estimate of drug-likeness (QED) is 0.113. The molecule has 0 saturated carbocycles.